The number of hydrogen-bond acceptors (Lipinski definition) is 3. The zero-order valence-corrected chi connectivity index (χ0v) is 11.4. The van der Waals surface area contributed by atoms with E-state index in [0.717, 1.165) is 5.56 Å². The van der Waals surface area contributed by atoms with Crippen LogP contribution in [0.2, 0.25) is 5.02 Å². The number of carbonyl (C=O) groups is 2. The highest BCUT2D eigenvalue weighted by Crippen LogP contribution is 2.23. The standard InChI is InChI=1S/C13H16ClNO3/c1-13(2,8-15-11(16)12(17)18-3)9-4-6-10(14)7-5-9/h4-7H,8H2,1-3H3,(H,15,16). The fourth-order valence-electron chi connectivity index (χ4n) is 1.47. The first-order valence-electron chi connectivity index (χ1n) is 5.49. The predicted octanol–water partition coefficient (Wildman–Crippen LogP) is 1.91. The van der Waals surface area contributed by atoms with Crippen LogP contribution >= 0.6 is 11.6 Å². The van der Waals surface area contributed by atoms with Gasteiger partial charge in [-0.15, -0.1) is 0 Å². The molecular weight excluding hydrogens is 254 g/mol. The van der Waals surface area contributed by atoms with Gasteiger partial charge in [-0.2, -0.15) is 0 Å². The first-order chi connectivity index (χ1) is 8.36. The second-order valence-electron chi connectivity index (χ2n) is 4.57. The molecule has 0 saturated heterocycles. The van der Waals surface area contributed by atoms with Gasteiger partial charge in [-0.25, -0.2) is 4.79 Å². The van der Waals surface area contributed by atoms with Crippen molar-refractivity contribution in [3.63, 3.8) is 0 Å². The Labute approximate surface area is 111 Å². The maximum atomic E-state index is 11.3. The number of nitrogens with one attached hydrogen (secondary N) is 1. The highest BCUT2D eigenvalue weighted by molar-refractivity contribution is 6.32. The Balaban J connectivity index is 2.67. The second-order valence-corrected chi connectivity index (χ2v) is 5.00. The second kappa shape index (κ2) is 5.87. The summed E-state index contributed by atoms with van der Waals surface area (Å²) in [6.07, 6.45) is 0. The number of esters is 1. The summed E-state index contributed by atoms with van der Waals surface area (Å²) in [6.45, 7) is 4.27. The zero-order valence-electron chi connectivity index (χ0n) is 10.6. The number of ether oxygens (including phenoxy) is 1. The zero-order chi connectivity index (χ0) is 13.8. The molecule has 0 unspecified atom stereocenters. The lowest BCUT2D eigenvalue weighted by Crippen LogP contribution is -2.40. The first kappa shape index (κ1) is 14.5. The van der Waals surface area contributed by atoms with Crippen LogP contribution in [0.4, 0.5) is 0 Å². The third-order valence-electron chi connectivity index (χ3n) is 2.69. The third-order valence-corrected chi connectivity index (χ3v) is 2.94. The molecule has 1 N–H and O–H groups in total. The molecule has 18 heavy (non-hydrogen) atoms. The minimum absolute atomic E-state index is 0.297. The van der Waals surface area contributed by atoms with Crippen LogP contribution in [0.15, 0.2) is 24.3 Å². The number of carbonyl (C=O) groups excluding carboxylic acids is 2. The lowest BCUT2D eigenvalue weighted by molar-refractivity contribution is -0.152. The fraction of sp³-hybridized carbons (Fsp3) is 0.385. The average Bonchev–Trinajstić information content (AvgIpc) is 2.35. The van der Waals surface area contributed by atoms with Crippen LogP contribution in [0.5, 0.6) is 0 Å². The molecular formula is C13H16ClNO3. The number of amides is 1. The van der Waals surface area contributed by atoms with Crippen LogP contribution in [-0.2, 0) is 19.7 Å². The van der Waals surface area contributed by atoms with Crippen LogP contribution in [-0.4, -0.2) is 25.5 Å². The minimum Gasteiger partial charge on any atom is -0.462 e. The largest absolute Gasteiger partial charge is 0.462 e. The molecule has 98 valence electrons. The molecule has 0 aliphatic rings. The van der Waals surface area contributed by atoms with E-state index >= 15 is 0 Å². The van der Waals surface area contributed by atoms with Gasteiger partial charge in [0.05, 0.1) is 7.11 Å². The van der Waals surface area contributed by atoms with Crippen molar-refractivity contribution < 1.29 is 14.3 Å². The molecule has 1 amide bonds. The molecule has 0 radical (unpaired) electrons. The summed E-state index contributed by atoms with van der Waals surface area (Å²) < 4.78 is 4.33. The van der Waals surface area contributed by atoms with Crippen molar-refractivity contribution in [2.24, 2.45) is 0 Å². The first-order valence-corrected chi connectivity index (χ1v) is 5.87. The molecule has 0 aromatic heterocycles. The van der Waals surface area contributed by atoms with Crippen molar-refractivity contribution >= 4 is 23.5 Å². The summed E-state index contributed by atoms with van der Waals surface area (Å²) in [5.41, 5.74) is 0.728. The fourth-order valence-corrected chi connectivity index (χ4v) is 1.60. The molecule has 0 atom stereocenters. The predicted molar refractivity (Wildman–Crippen MR) is 69.5 cm³/mol. The molecule has 5 heteroatoms. The van der Waals surface area contributed by atoms with Gasteiger partial charge in [-0.3, -0.25) is 4.79 Å². The summed E-state index contributed by atoms with van der Waals surface area (Å²) in [5, 5.41) is 3.20. The molecule has 1 aromatic rings. The van der Waals surface area contributed by atoms with E-state index in [9.17, 15) is 9.59 Å². The van der Waals surface area contributed by atoms with Crippen molar-refractivity contribution in [2.45, 2.75) is 19.3 Å². The van der Waals surface area contributed by atoms with Gasteiger partial charge in [0.15, 0.2) is 0 Å². The smallest absolute Gasteiger partial charge is 0.396 e. The Morgan fingerprint density at radius 2 is 1.83 bits per heavy atom. The van der Waals surface area contributed by atoms with Gasteiger partial charge in [0, 0.05) is 17.0 Å². The van der Waals surface area contributed by atoms with Crippen molar-refractivity contribution in [3.05, 3.63) is 34.9 Å². The molecule has 1 aromatic carbocycles. The Bertz CT molecular complexity index is 440. The van der Waals surface area contributed by atoms with Crippen molar-refractivity contribution in [2.75, 3.05) is 13.7 Å². The molecule has 0 saturated carbocycles. The van der Waals surface area contributed by atoms with Gasteiger partial charge in [0.1, 0.15) is 0 Å². The summed E-state index contributed by atoms with van der Waals surface area (Å²) in [6, 6.07) is 7.38. The van der Waals surface area contributed by atoms with E-state index < -0.39 is 11.9 Å². The average molecular weight is 270 g/mol. The van der Waals surface area contributed by atoms with Crippen LogP contribution < -0.4 is 5.32 Å². The van der Waals surface area contributed by atoms with Crippen molar-refractivity contribution in [3.8, 4) is 0 Å². The van der Waals surface area contributed by atoms with Crippen LogP contribution in [0.25, 0.3) is 0 Å². The maximum absolute atomic E-state index is 11.3. The summed E-state index contributed by atoms with van der Waals surface area (Å²) in [4.78, 5) is 22.3. The highest BCUT2D eigenvalue weighted by atomic mass is 35.5. The molecule has 1 rings (SSSR count). The van der Waals surface area contributed by atoms with Crippen LogP contribution in [0.3, 0.4) is 0 Å². The summed E-state index contributed by atoms with van der Waals surface area (Å²) in [5.74, 6) is -1.62. The Morgan fingerprint density at radius 3 is 2.33 bits per heavy atom. The van der Waals surface area contributed by atoms with Gasteiger partial charge in [-0.05, 0) is 17.7 Å². The van der Waals surface area contributed by atoms with E-state index in [1.165, 1.54) is 7.11 Å². The molecule has 0 bridgehead atoms. The third kappa shape index (κ3) is 3.74. The minimum atomic E-state index is -0.887. The number of hydrogen-bond donors (Lipinski definition) is 1. The van der Waals surface area contributed by atoms with E-state index in [1.807, 2.05) is 26.0 Å². The van der Waals surface area contributed by atoms with E-state index in [4.69, 9.17) is 11.6 Å². The topological polar surface area (TPSA) is 55.4 Å². The van der Waals surface area contributed by atoms with Crippen molar-refractivity contribution in [1.29, 1.82) is 0 Å². The van der Waals surface area contributed by atoms with E-state index in [0.29, 0.717) is 11.6 Å². The highest BCUT2D eigenvalue weighted by Gasteiger charge is 2.23. The molecule has 0 heterocycles. The molecule has 0 spiro atoms. The Hall–Kier alpha value is -1.55. The van der Waals surface area contributed by atoms with Gasteiger partial charge in [0.2, 0.25) is 0 Å². The SMILES string of the molecule is COC(=O)C(=O)NCC(C)(C)c1ccc(Cl)cc1. The van der Waals surface area contributed by atoms with Gasteiger partial charge in [0.25, 0.3) is 0 Å². The van der Waals surface area contributed by atoms with Crippen LogP contribution in [0.1, 0.15) is 19.4 Å². The van der Waals surface area contributed by atoms with Crippen molar-refractivity contribution in [1.82, 2.24) is 5.32 Å². The lowest BCUT2D eigenvalue weighted by atomic mass is 9.84. The lowest BCUT2D eigenvalue weighted by Gasteiger charge is -2.25. The number of rotatable bonds is 3. The molecule has 0 aliphatic heterocycles. The molecule has 0 fully saturated rings. The van der Waals surface area contributed by atoms with E-state index in [1.54, 1.807) is 12.1 Å². The quantitative estimate of drug-likeness (QED) is 0.674. The van der Waals surface area contributed by atoms with Crippen LogP contribution in [0, 0.1) is 0 Å². The summed E-state index contributed by atoms with van der Waals surface area (Å²) in [7, 11) is 1.17. The number of benzene rings is 1. The van der Waals surface area contributed by atoms with Gasteiger partial charge >= 0.3 is 11.9 Å². The summed E-state index contributed by atoms with van der Waals surface area (Å²) >= 11 is 5.82. The van der Waals surface area contributed by atoms with Gasteiger partial charge < -0.3 is 10.1 Å². The number of methoxy groups -OCH3 is 1. The molecule has 4 nitrogen and oxygen atoms in total. The molecule has 0 aliphatic carbocycles. The number of halogens is 1. The maximum Gasteiger partial charge on any atom is 0.396 e. The van der Waals surface area contributed by atoms with E-state index in [-0.39, 0.29) is 5.41 Å². The normalized spacial score (nSPS) is 10.9. The Kier molecular flexibility index (Phi) is 4.73. The monoisotopic (exact) mass is 269 g/mol. The van der Waals surface area contributed by atoms with E-state index in [2.05, 4.69) is 10.1 Å². The Morgan fingerprint density at radius 1 is 1.28 bits per heavy atom. The van der Waals surface area contributed by atoms with Gasteiger partial charge in [-0.1, -0.05) is 37.6 Å².